The number of aliphatic hydroxyl groups excluding tert-OH is 2. The number of unbranched alkanes of at least 4 members (excludes halogenated alkanes) is 1. The summed E-state index contributed by atoms with van der Waals surface area (Å²) < 4.78 is 0. The summed E-state index contributed by atoms with van der Waals surface area (Å²) in [5.41, 5.74) is 19.2. The van der Waals surface area contributed by atoms with Gasteiger partial charge in [-0.3, -0.25) is 77.3 Å². The number of carboxylic acid groups (broad SMARTS) is 1. The second kappa shape index (κ2) is 48.3. The molecular formula is C77H109N21O19S. The number of primary amides is 1. The molecule has 1 fully saturated rings. The number of likely N-dealkylation sites (tertiary alicyclic amines) is 1. The summed E-state index contributed by atoms with van der Waals surface area (Å²) in [6.07, 6.45) is 4.68. The molecule has 0 unspecified atom stereocenters. The van der Waals surface area contributed by atoms with Gasteiger partial charge < -0.3 is 122 Å². The molecule has 12 atom stereocenters. The maximum Gasteiger partial charge on any atom is 0.303 e. The number of amides is 14. The first-order valence-electron chi connectivity index (χ1n) is 38.6. The summed E-state index contributed by atoms with van der Waals surface area (Å²) in [6.45, 7) is 2.20. The van der Waals surface area contributed by atoms with Crippen molar-refractivity contribution in [1.82, 2.24) is 89.0 Å². The second-order valence-electron chi connectivity index (χ2n) is 28.6. The number of H-pyrrole nitrogens is 2. The van der Waals surface area contributed by atoms with Crippen LogP contribution in [0.2, 0.25) is 0 Å². The summed E-state index contributed by atoms with van der Waals surface area (Å²) in [5, 5.41) is 81.8. The van der Waals surface area contributed by atoms with Crippen molar-refractivity contribution >= 4 is 117 Å². The first-order chi connectivity index (χ1) is 56.3. The lowest BCUT2D eigenvalue weighted by Crippen LogP contribution is -2.61. The van der Waals surface area contributed by atoms with Crippen molar-refractivity contribution in [3.8, 4) is 5.75 Å². The van der Waals surface area contributed by atoms with E-state index in [-0.39, 0.29) is 94.1 Å². The van der Waals surface area contributed by atoms with Crippen LogP contribution in [0, 0.1) is 11.3 Å². The van der Waals surface area contributed by atoms with Crippen LogP contribution in [-0.4, -0.2) is 259 Å². The Kier molecular flexibility index (Phi) is 38.8. The number of aromatic nitrogens is 3. The fourth-order valence-electron chi connectivity index (χ4n) is 12.9. The van der Waals surface area contributed by atoms with E-state index >= 15 is 14.4 Å². The first kappa shape index (κ1) is 94.6. The number of imidazole rings is 1. The molecule has 118 heavy (non-hydrogen) atoms. The number of nitrogens with zero attached hydrogens (tertiary/aromatic N) is 2. The maximum absolute atomic E-state index is 15.2. The normalized spacial score (nSPS) is 15.2. The topological polar surface area (TPSA) is 643 Å². The van der Waals surface area contributed by atoms with Crippen LogP contribution in [0.4, 0.5) is 0 Å². The zero-order valence-corrected chi connectivity index (χ0v) is 66.9. The van der Waals surface area contributed by atoms with Crippen LogP contribution in [0.25, 0.3) is 10.9 Å². The van der Waals surface area contributed by atoms with E-state index in [9.17, 15) is 78.0 Å². The number of fused-ring (bicyclic) bond motifs is 1. The molecule has 3 aromatic carbocycles. The van der Waals surface area contributed by atoms with Crippen LogP contribution >= 0.6 is 11.8 Å². The van der Waals surface area contributed by atoms with E-state index in [2.05, 4.69) is 84.1 Å². The number of thioether (sulfide) groups is 1. The molecule has 1 saturated heterocycles. The molecule has 5 aromatic rings. The molecule has 1 aliphatic rings. The van der Waals surface area contributed by atoms with Crippen molar-refractivity contribution in [3.63, 3.8) is 0 Å². The molecule has 0 bridgehead atoms. The lowest BCUT2D eigenvalue weighted by molar-refractivity contribution is -0.142. The van der Waals surface area contributed by atoms with Crippen LogP contribution < -0.4 is 86.3 Å². The number of aliphatic hydroxyl groups is 2. The Balaban J connectivity index is 1.25. The van der Waals surface area contributed by atoms with Crippen LogP contribution in [0.3, 0.4) is 0 Å². The molecule has 41 heteroatoms. The fourth-order valence-corrected chi connectivity index (χ4v) is 13.4. The Bertz CT molecular complexity index is 4250. The van der Waals surface area contributed by atoms with Gasteiger partial charge >= 0.3 is 5.97 Å². The molecule has 642 valence electrons. The monoisotopic (exact) mass is 1660 g/mol. The van der Waals surface area contributed by atoms with Crippen LogP contribution in [0.15, 0.2) is 97.6 Å². The Hall–Kier alpha value is -12.2. The number of aliphatic carboxylic acids is 1. The number of hydrogen-bond donors (Lipinski definition) is 23. The Labute approximate surface area is 684 Å². The van der Waals surface area contributed by atoms with Gasteiger partial charge in [0.15, 0.2) is 5.96 Å². The zero-order valence-electron chi connectivity index (χ0n) is 66.0. The van der Waals surface area contributed by atoms with Crippen molar-refractivity contribution in [2.45, 2.75) is 183 Å². The average Bonchev–Trinajstić information content (AvgIpc) is 1.64. The summed E-state index contributed by atoms with van der Waals surface area (Å²) in [7, 11) is 0. The van der Waals surface area contributed by atoms with Gasteiger partial charge in [-0.15, -0.1) is 0 Å². The summed E-state index contributed by atoms with van der Waals surface area (Å²) in [6, 6.07) is 2.91. The Morgan fingerprint density at radius 1 is 0.576 bits per heavy atom. The van der Waals surface area contributed by atoms with Gasteiger partial charge in [-0.25, -0.2) is 4.98 Å². The SMILES string of the molecule is CSCC[C@@H](NC(=O)[C@@H](CO)NC(=O)[C@@H](Cc1ccc(O)cc1)NC(=O)[C@H](CO)NC(C)=O)C(=O)N[C@H](CCC(=O)O)C(=O)N[C@H](Cc1c[nH]cn1)C(=O)N[C@H](Cc1ccccc1)C(=O)N[C@H](CCCNC(=N)N)C(=O)N[C@H](Cc1c[nH]c2ccccc12)C(=O)NCC(=O)N[C@H](CCCCN)C(=O)N1CCC[C@@H]1C(=O)N[C@H](C(N)=O)C(C)C. The minimum Gasteiger partial charge on any atom is -0.508 e. The number of carbonyl (C=O) groups is 15. The fraction of sp³-hybridized carbons (Fsp3) is 0.494. The highest BCUT2D eigenvalue weighted by atomic mass is 32.2. The molecule has 6 rings (SSSR count). The molecule has 0 saturated carbocycles. The van der Waals surface area contributed by atoms with Crippen molar-refractivity contribution in [3.05, 3.63) is 120 Å². The number of aromatic hydroxyl groups is 1. The maximum atomic E-state index is 15.2. The van der Waals surface area contributed by atoms with Gasteiger partial charge in [-0.05, 0) is 117 Å². The highest BCUT2D eigenvalue weighted by Gasteiger charge is 2.41. The minimum absolute atomic E-state index is 0.00532. The smallest absolute Gasteiger partial charge is 0.303 e. The number of para-hydroxylation sites is 1. The van der Waals surface area contributed by atoms with Gasteiger partial charge in [-0.2, -0.15) is 11.8 Å². The number of nitrogens with one attached hydrogen (secondary N) is 16. The average molecular weight is 1660 g/mol. The first-order valence-corrected chi connectivity index (χ1v) is 39.9. The molecule has 40 nitrogen and oxygen atoms in total. The number of carboxylic acids is 1. The van der Waals surface area contributed by atoms with E-state index in [1.54, 1.807) is 80.9 Å². The van der Waals surface area contributed by atoms with Gasteiger partial charge in [0, 0.05) is 75.4 Å². The predicted octanol–water partition coefficient (Wildman–Crippen LogP) is -4.54. The number of benzene rings is 3. The third-order valence-electron chi connectivity index (χ3n) is 19.2. The van der Waals surface area contributed by atoms with E-state index in [0.29, 0.717) is 46.9 Å². The standard InChI is InChI=1S/C77H109N21O19S/c1-42(2)64(65(79)106)97-75(116)61-20-13-30-98(61)76(117)54(18-10-11-28-78)88-62(103)38-85-66(107)57(34-46-36-84-50-17-9-8-16-49(46)50)94-67(108)51(19-12-29-83-77(80)81)89-70(111)55(32-44-14-6-5-7-15-44)92-72(113)58(35-47-37-82-41-86-47)95-68(109)52(25-26-63(104)105)90-69(110)53(27-31-118-4)91-74(115)60(40-100)96-71(112)56(33-45-21-23-48(102)24-22-45)93-73(114)59(39-99)87-43(3)101/h5-9,14-17,21-24,36-37,41-42,51-61,64,84,99-100,102H,10-13,18-20,25-35,38-40,78H2,1-4H3,(H2,79,106)(H,82,86)(H,85,107)(H,87,101)(H,88,103)(H,89,111)(H,90,110)(H,91,115)(H,92,113)(H,93,114)(H,94,108)(H,95,109)(H,96,112)(H,97,116)(H,104,105)(H4,80,81,83)/t51-,52-,53-,54-,55-,56-,57-,58-,59+,60-,61-,64+/m1/s1. The number of aromatic amines is 2. The lowest BCUT2D eigenvalue weighted by atomic mass is 10.0. The van der Waals surface area contributed by atoms with Crippen molar-refractivity contribution in [2.24, 2.45) is 23.1 Å². The van der Waals surface area contributed by atoms with Crippen molar-refractivity contribution in [2.75, 3.05) is 51.4 Å². The van der Waals surface area contributed by atoms with Crippen LogP contribution in [0.5, 0.6) is 5.75 Å². The molecule has 0 spiro atoms. The van der Waals surface area contributed by atoms with Gasteiger partial charge in [0.25, 0.3) is 0 Å². The summed E-state index contributed by atoms with van der Waals surface area (Å²) >= 11 is 1.23. The van der Waals surface area contributed by atoms with Gasteiger partial charge in [-0.1, -0.05) is 74.5 Å². The van der Waals surface area contributed by atoms with Crippen molar-refractivity contribution in [1.29, 1.82) is 5.41 Å². The number of phenols is 1. The molecule has 26 N–H and O–H groups in total. The van der Waals surface area contributed by atoms with Crippen LogP contribution in [-0.2, 0) is 97.6 Å². The number of rotatable bonds is 50. The molecule has 0 radical (unpaired) electrons. The summed E-state index contributed by atoms with van der Waals surface area (Å²) in [4.78, 5) is 220. The largest absolute Gasteiger partial charge is 0.508 e. The number of guanidine groups is 1. The van der Waals surface area contributed by atoms with Gasteiger partial charge in [0.05, 0.1) is 31.8 Å². The van der Waals surface area contributed by atoms with Gasteiger partial charge in [0.2, 0.25) is 82.7 Å². The van der Waals surface area contributed by atoms with Crippen LogP contribution in [0.1, 0.15) is 107 Å². The molecule has 3 heterocycles. The second-order valence-corrected chi connectivity index (χ2v) is 29.6. The predicted molar refractivity (Wildman–Crippen MR) is 431 cm³/mol. The molecule has 2 aromatic heterocycles. The number of nitrogens with two attached hydrogens (primary N) is 3. The van der Waals surface area contributed by atoms with E-state index in [0.717, 1.165) is 6.92 Å². The number of carbonyl (C=O) groups excluding carboxylic acids is 14. The number of hydrogen-bond acceptors (Lipinski definition) is 22. The van der Waals surface area contributed by atoms with E-state index in [1.165, 1.54) is 53.5 Å². The summed E-state index contributed by atoms with van der Waals surface area (Å²) in [5.74, 6) is -15.0. The lowest BCUT2D eigenvalue weighted by Gasteiger charge is -2.30. The zero-order chi connectivity index (χ0) is 86.5. The third-order valence-corrected chi connectivity index (χ3v) is 19.8. The Morgan fingerprint density at radius 2 is 1.09 bits per heavy atom. The third kappa shape index (κ3) is 30.8. The highest BCUT2D eigenvalue weighted by molar-refractivity contribution is 7.98. The molecule has 14 amide bonds. The number of phenolic OH excluding ortho intramolecular Hbond substituents is 1. The quantitative estimate of drug-likeness (QED) is 0.00991. The van der Waals surface area contributed by atoms with E-state index < -0.39 is 206 Å². The minimum atomic E-state index is -1.84. The van der Waals surface area contributed by atoms with E-state index in [1.807, 2.05) is 0 Å². The highest BCUT2D eigenvalue weighted by Crippen LogP contribution is 2.23. The van der Waals surface area contributed by atoms with E-state index in [4.69, 9.17) is 22.6 Å². The van der Waals surface area contributed by atoms with Gasteiger partial charge in [0.1, 0.15) is 78.3 Å². The molecule has 1 aliphatic heterocycles. The molecular weight excluding hydrogens is 1560 g/mol. The molecule has 0 aliphatic carbocycles. The van der Waals surface area contributed by atoms with Crippen molar-refractivity contribution < 1.29 is 92.3 Å². The Morgan fingerprint density at radius 3 is 1.64 bits per heavy atom.